The van der Waals surface area contributed by atoms with Gasteiger partial charge in [-0.15, -0.1) is 24.8 Å². The molecule has 2 heterocycles. The minimum absolute atomic E-state index is 0. The molecule has 2 atom stereocenters. The van der Waals surface area contributed by atoms with Crippen LogP contribution in [0.2, 0.25) is 0 Å². The number of hydrogen-bond donors (Lipinski definition) is 3. The summed E-state index contributed by atoms with van der Waals surface area (Å²) in [6.45, 7) is 5.20. The monoisotopic (exact) mass is 293 g/mol. The van der Waals surface area contributed by atoms with Gasteiger partial charge in [0.15, 0.2) is 0 Å². The van der Waals surface area contributed by atoms with Gasteiger partial charge in [-0.1, -0.05) is 6.07 Å². The molecule has 0 spiro atoms. The number of aliphatic hydroxyl groups is 1. The SMILES string of the molecule is Cc1cnc(N[C@@H]2CN[C@H](CO)C2)c(C)c1.Cl.Cl. The molecule has 1 aliphatic heterocycles. The number of nitrogens with one attached hydrogen (secondary N) is 2. The summed E-state index contributed by atoms with van der Waals surface area (Å²) in [5, 5.41) is 15.7. The normalized spacial score (nSPS) is 21.9. The summed E-state index contributed by atoms with van der Waals surface area (Å²) in [6, 6.07) is 2.72. The van der Waals surface area contributed by atoms with Crippen molar-refractivity contribution >= 4 is 30.6 Å². The van der Waals surface area contributed by atoms with Gasteiger partial charge in [0.2, 0.25) is 0 Å². The molecular weight excluding hydrogens is 273 g/mol. The van der Waals surface area contributed by atoms with Gasteiger partial charge in [0.25, 0.3) is 0 Å². The topological polar surface area (TPSA) is 57.2 Å². The number of aryl methyl sites for hydroxylation is 2. The summed E-state index contributed by atoms with van der Waals surface area (Å²) in [7, 11) is 0. The van der Waals surface area contributed by atoms with Crippen LogP contribution in [0.1, 0.15) is 17.5 Å². The molecule has 3 N–H and O–H groups in total. The third-order valence-electron chi connectivity index (χ3n) is 3.00. The standard InChI is InChI=1S/C12H19N3O.2ClH/c1-8-3-9(2)12(14-5-8)15-10-4-11(7-16)13-6-10;;/h3,5,10-11,13,16H,4,6-7H2,1-2H3,(H,14,15);2*1H/t10-,11-;;/m0../s1. The number of aliphatic hydroxyl groups excluding tert-OH is 1. The molecule has 1 aliphatic rings. The smallest absolute Gasteiger partial charge is 0.129 e. The molecule has 1 aromatic rings. The Morgan fingerprint density at radius 1 is 1.44 bits per heavy atom. The minimum atomic E-state index is 0. The van der Waals surface area contributed by atoms with Crippen LogP contribution in [0.4, 0.5) is 5.82 Å². The molecule has 0 amide bonds. The first kappa shape index (κ1) is 17.4. The first-order chi connectivity index (χ1) is 7.69. The van der Waals surface area contributed by atoms with Crippen molar-refractivity contribution in [2.24, 2.45) is 0 Å². The van der Waals surface area contributed by atoms with Gasteiger partial charge >= 0.3 is 0 Å². The summed E-state index contributed by atoms with van der Waals surface area (Å²) in [4.78, 5) is 4.39. The maximum atomic E-state index is 9.03. The van der Waals surface area contributed by atoms with Gasteiger partial charge in [0, 0.05) is 24.8 Å². The molecule has 0 bridgehead atoms. The van der Waals surface area contributed by atoms with E-state index in [0.717, 1.165) is 18.8 Å². The summed E-state index contributed by atoms with van der Waals surface area (Å²) < 4.78 is 0. The lowest BCUT2D eigenvalue weighted by Gasteiger charge is -2.14. The molecule has 0 aliphatic carbocycles. The van der Waals surface area contributed by atoms with E-state index in [-0.39, 0.29) is 37.5 Å². The van der Waals surface area contributed by atoms with E-state index in [9.17, 15) is 0 Å². The molecule has 1 aromatic heterocycles. The van der Waals surface area contributed by atoms with Gasteiger partial charge in [-0.3, -0.25) is 0 Å². The number of anilines is 1. The van der Waals surface area contributed by atoms with Crippen LogP contribution in [0.3, 0.4) is 0 Å². The van der Waals surface area contributed by atoms with Crippen molar-refractivity contribution in [3.63, 3.8) is 0 Å². The zero-order valence-electron chi connectivity index (χ0n) is 10.6. The lowest BCUT2D eigenvalue weighted by molar-refractivity contribution is 0.254. The van der Waals surface area contributed by atoms with Gasteiger partial charge in [0.05, 0.1) is 6.61 Å². The second-order valence-electron chi connectivity index (χ2n) is 4.54. The molecule has 6 heteroatoms. The molecule has 1 saturated heterocycles. The van der Waals surface area contributed by atoms with E-state index in [0.29, 0.717) is 6.04 Å². The van der Waals surface area contributed by atoms with Gasteiger partial charge in [0.1, 0.15) is 5.82 Å². The maximum Gasteiger partial charge on any atom is 0.129 e. The van der Waals surface area contributed by atoms with Crippen LogP contribution in [-0.2, 0) is 0 Å². The Labute approximate surface area is 120 Å². The van der Waals surface area contributed by atoms with Crippen molar-refractivity contribution in [3.05, 3.63) is 23.4 Å². The molecule has 2 rings (SSSR count). The Morgan fingerprint density at radius 3 is 2.72 bits per heavy atom. The number of pyridine rings is 1. The first-order valence-corrected chi connectivity index (χ1v) is 5.73. The average molecular weight is 294 g/mol. The average Bonchev–Trinajstić information content (AvgIpc) is 2.70. The minimum Gasteiger partial charge on any atom is -0.395 e. The van der Waals surface area contributed by atoms with Crippen molar-refractivity contribution < 1.29 is 5.11 Å². The highest BCUT2D eigenvalue weighted by Crippen LogP contribution is 2.16. The van der Waals surface area contributed by atoms with Crippen LogP contribution in [0.25, 0.3) is 0 Å². The van der Waals surface area contributed by atoms with Gasteiger partial charge in [-0.25, -0.2) is 4.98 Å². The summed E-state index contributed by atoms with van der Waals surface area (Å²) >= 11 is 0. The van der Waals surface area contributed by atoms with Crippen molar-refractivity contribution in [2.75, 3.05) is 18.5 Å². The highest BCUT2D eigenvalue weighted by molar-refractivity contribution is 5.85. The van der Waals surface area contributed by atoms with Crippen molar-refractivity contribution in [1.29, 1.82) is 0 Å². The van der Waals surface area contributed by atoms with Gasteiger partial charge in [-0.2, -0.15) is 0 Å². The number of aromatic nitrogens is 1. The zero-order valence-corrected chi connectivity index (χ0v) is 12.3. The quantitative estimate of drug-likeness (QED) is 0.794. The van der Waals surface area contributed by atoms with Crippen LogP contribution in [0, 0.1) is 13.8 Å². The number of hydrogen-bond acceptors (Lipinski definition) is 4. The largest absolute Gasteiger partial charge is 0.395 e. The third-order valence-corrected chi connectivity index (χ3v) is 3.00. The fraction of sp³-hybridized carbons (Fsp3) is 0.583. The van der Waals surface area contributed by atoms with Gasteiger partial charge in [-0.05, 0) is 31.4 Å². The summed E-state index contributed by atoms with van der Waals surface area (Å²) in [5.41, 5.74) is 2.35. The highest BCUT2D eigenvalue weighted by atomic mass is 35.5. The lowest BCUT2D eigenvalue weighted by Crippen LogP contribution is -2.25. The maximum absolute atomic E-state index is 9.03. The van der Waals surface area contributed by atoms with Crippen molar-refractivity contribution in [2.45, 2.75) is 32.4 Å². The Bertz CT molecular complexity index is 376. The molecule has 0 radical (unpaired) electrons. The van der Waals surface area contributed by atoms with E-state index < -0.39 is 0 Å². The highest BCUT2D eigenvalue weighted by Gasteiger charge is 2.23. The van der Waals surface area contributed by atoms with Crippen LogP contribution < -0.4 is 10.6 Å². The molecule has 0 unspecified atom stereocenters. The summed E-state index contributed by atoms with van der Waals surface area (Å²) in [6.07, 6.45) is 2.83. The van der Waals surface area contributed by atoms with E-state index in [1.54, 1.807) is 0 Å². The number of rotatable bonds is 3. The zero-order chi connectivity index (χ0) is 11.5. The Morgan fingerprint density at radius 2 is 2.17 bits per heavy atom. The second-order valence-corrected chi connectivity index (χ2v) is 4.54. The van der Waals surface area contributed by atoms with E-state index >= 15 is 0 Å². The Kier molecular flexibility index (Phi) is 7.55. The molecule has 0 aromatic carbocycles. The molecule has 0 saturated carbocycles. The fourth-order valence-electron chi connectivity index (χ4n) is 2.13. The Balaban J connectivity index is 0.00000144. The predicted octanol–water partition coefficient (Wildman–Crippen LogP) is 1.68. The van der Waals surface area contributed by atoms with Crippen molar-refractivity contribution in [1.82, 2.24) is 10.3 Å². The lowest BCUT2D eigenvalue weighted by atomic mass is 10.1. The molecule has 104 valence electrons. The molecule has 1 fully saturated rings. The van der Waals surface area contributed by atoms with E-state index in [1.807, 2.05) is 13.1 Å². The third kappa shape index (κ3) is 4.28. The van der Waals surface area contributed by atoms with Crippen LogP contribution >= 0.6 is 24.8 Å². The van der Waals surface area contributed by atoms with E-state index in [4.69, 9.17) is 5.11 Å². The second kappa shape index (κ2) is 7.79. The van der Waals surface area contributed by atoms with E-state index in [1.165, 1.54) is 11.1 Å². The number of nitrogens with zero attached hydrogens (tertiary/aromatic N) is 1. The molecule has 4 nitrogen and oxygen atoms in total. The first-order valence-electron chi connectivity index (χ1n) is 5.73. The van der Waals surface area contributed by atoms with Gasteiger partial charge < -0.3 is 15.7 Å². The predicted molar refractivity (Wildman–Crippen MR) is 79.1 cm³/mol. The van der Waals surface area contributed by atoms with E-state index in [2.05, 4.69) is 28.6 Å². The van der Waals surface area contributed by atoms with Crippen LogP contribution in [0.5, 0.6) is 0 Å². The molecular formula is C12H21Cl2N3O. The Hall–Kier alpha value is -0.550. The fourth-order valence-corrected chi connectivity index (χ4v) is 2.13. The van der Waals surface area contributed by atoms with Crippen LogP contribution in [-0.4, -0.2) is 35.3 Å². The van der Waals surface area contributed by atoms with Crippen molar-refractivity contribution in [3.8, 4) is 0 Å². The van der Waals surface area contributed by atoms with Crippen LogP contribution in [0.15, 0.2) is 12.3 Å². The number of halogens is 2. The molecule has 18 heavy (non-hydrogen) atoms. The summed E-state index contributed by atoms with van der Waals surface area (Å²) in [5.74, 6) is 0.955.